The molecule has 238 valence electrons. The van der Waals surface area contributed by atoms with Gasteiger partial charge in [0.25, 0.3) is 0 Å². The second-order valence-corrected chi connectivity index (χ2v) is 17.0. The predicted octanol–water partition coefficient (Wildman–Crippen LogP) is -3.27. The van der Waals surface area contributed by atoms with E-state index in [2.05, 4.69) is 19.4 Å². The summed E-state index contributed by atoms with van der Waals surface area (Å²) in [6.07, 6.45) is -2.23. The van der Waals surface area contributed by atoms with Crippen molar-refractivity contribution in [2.45, 2.75) is 67.3 Å². The molecule has 0 radical (unpaired) electrons. The third-order valence-corrected chi connectivity index (χ3v) is 9.03. The molecule has 18 heteroatoms. The molecule has 0 aliphatic carbocycles. The minimum Gasteiger partial charge on any atom is -0.388 e. The first-order valence-electron chi connectivity index (χ1n) is 12.8. The van der Waals surface area contributed by atoms with E-state index in [0.29, 0.717) is 0 Å². The van der Waals surface area contributed by atoms with E-state index in [9.17, 15) is 43.2 Å². The lowest BCUT2D eigenvalue weighted by Gasteiger charge is -2.36. The fourth-order valence-electron chi connectivity index (χ4n) is 4.15. The largest absolute Gasteiger partial charge is 0.388 e. The maximum atomic E-state index is 12.9. The van der Waals surface area contributed by atoms with Crippen LogP contribution in [-0.2, 0) is 43.3 Å². The van der Waals surface area contributed by atoms with Gasteiger partial charge in [0.05, 0.1) is 24.2 Å². The van der Waals surface area contributed by atoms with E-state index in [1.54, 1.807) is 0 Å². The Hall–Kier alpha value is -1.38. The van der Waals surface area contributed by atoms with Crippen LogP contribution >= 0.6 is 11.8 Å². The Morgan fingerprint density at radius 2 is 1.27 bits per heavy atom. The van der Waals surface area contributed by atoms with Gasteiger partial charge in [-0.25, -0.2) is 8.73 Å². The Labute approximate surface area is 244 Å². The van der Waals surface area contributed by atoms with Crippen molar-refractivity contribution in [3.05, 3.63) is 0 Å². The smallest absolute Gasteiger partial charge is 0.233 e. The number of thioether (sulfide) groups is 1. The van der Waals surface area contributed by atoms with Crippen LogP contribution < -0.4 is 10.6 Å². The standard InChI is InChI=1S/C23H42N4O11S3/c1-12(28)11-39-17(23(34)25-8-16-22(33)20(31)14(10-38-16)27-41(4,5)36)6-18(29)24-7-15-21(32)19(30)13(9-37-15)26-40(2,3)35/h13-17,19-22,30-33H,6-11H2,1-5H3,(H,24,29)(H,25,34)/t13-,14-,15-,16-,17?,19-,20-,21+,22+/m1/s1. The monoisotopic (exact) mass is 646 g/mol. The van der Waals surface area contributed by atoms with Gasteiger partial charge in [-0.3, -0.25) is 22.8 Å². The number of aliphatic hydroxyl groups is 4. The molecule has 2 amide bonds. The normalized spacial score (nSPS) is 31.5. The molecule has 0 aromatic carbocycles. The Morgan fingerprint density at radius 3 is 1.68 bits per heavy atom. The summed E-state index contributed by atoms with van der Waals surface area (Å²) >= 11 is 0.946. The lowest BCUT2D eigenvalue weighted by atomic mass is 9.98. The van der Waals surface area contributed by atoms with E-state index in [-0.39, 0.29) is 44.3 Å². The maximum Gasteiger partial charge on any atom is 0.233 e. The summed E-state index contributed by atoms with van der Waals surface area (Å²) in [6, 6.07) is -1.78. The average Bonchev–Trinajstić information content (AvgIpc) is 2.84. The summed E-state index contributed by atoms with van der Waals surface area (Å²) < 4.78 is 42.8. The van der Waals surface area contributed by atoms with Gasteiger partial charge in [-0.1, -0.05) is 0 Å². The van der Waals surface area contributed by atoms with Crippen LogP contribution in [-0.4, -0.2) is 157 Å². The highest BCUT2D eigenvalue weighted by Crippen LogP contribution is 2.21. The number of nitrogens with zero attached hydrogens (tertiary/aromatic N) is 2. The summed E-state index contributed by atoms with van der Waals surface area (Å²) in [6.45, 7) is 0.730. The van der Waals surface area contributed by atoms with E-state index in [1.807, 2.05) is 0 Å². The molecule has 41 heavy (non-hydrogen) atoms. The van der Waals surface area contributed by atoms with Crippen LogP contribution in [0.15, 0.2) is 8.73 Å². The summed E-state index contributed by atoms with van der Waals surface area (Å²) in [5.74, 6) is -1.44. The van der Waals surface area contributed by atoms with Crippen molar-refractivity contribution in [1.29, 1.82) is 0 Å². The number of hydrogen-bond donors (Lipinski definition) is 6. The molecule has 0 bridgehead atoms. The molecule has 2 aliphatic heterocycles. The summed E-state index contributed by atoms with van der Waals surface area (Å²) in [7, 11) is -5.09. The van der Waals surface area contributed by atoms with Crippen molar-refractivity contribution < 1.29 is 52.7 Å². The fourth-order valence-corrected chi connectivity index (χ4v) is 6.76. The molecule has 9 atom stereocenters. The Bertz CT molecular complexity index is 1170. The molecular formula is C23H42N4O11S3. The first kappa shape index (κ1) is 35.8. The van der Waals surface area contributed by atoms with E-state index in [4.69, 9.17) is 9.47 Å². The molecule has 0 saturated carbocycles. The number of carbonyl (C=O) groups is 3. The SMILES string of the molecule is CC(=O)CSC(CC(=O)NC[C@H]1OC[C@@H](N=S(C)(C)=O)[C@@H](O)[C@H]1O)C(=O)NC[C@H]1OC[C@@H](N=S(C)(C)=O)[C@@H](O)[C@H]1O. The van der Waals surface area contributed by atoms with Crippen molar-refractivity contribution in [3.63, 3.8) is 0 Å². The molecule has 0 spiro atoms. The van der Waals surface area contributed by atoms with Crippen LogP contribution in [0.1, 0.15) is 13.3 Å². The van der Waals surface area contributed by atoms with Crippen molar-refractivity contribution in [2.75, 3.05) is 57.1 Å². The zero-order valence-electron chi connectivity index (χ0n) is 23.7. The number of ketones is 1. The Balaban J connectivity index is 1.93. The predicted molar refractivity (Wildman–Crippen MR) is 153 cm³/mol. The highest BCUT2D eigenvalue weighted by Gasteiger charge is 2.40. The molecule has 1 unspecified atom stereocenters. The van der Waals surface area contributed by atoms with E-state index in [0.717, 1.165) is 11.8 Å². The van der Waals surface area contributed by atoms with Gasteiger partial charge in [0.15, 0.2) is 0 Å². The fraction of sp³-hybridized carbons (Fsp3) is 0.870. The van der Waals surface area contributed by atoms with Gasteiger partial charge >= 0.3 is 0 Å². The van der Waals surface area contributed by atoms with Gasteiger partial charge in [0.2, 0.25) is 11.8 Å². The molecule has 2 saturated heterocycles. The minimum absolute atomic E-state index is 0.0390. The summed E-state index contributed by atoms with van der Waals surface area (Å²) in [4.78, 5) is 37.1. The zero-order chi connectivity index (χ0) is 31.1. The van der Waals surface area contributed by atoms with E-state index < -0.39 is 85.2 Å². The molecule has 0 aromatic heterocycles. The molecule has 15 nitrogen and oxygen atoms in total. The van der Waals surface area contributed by atoms with Crippen LogP contribution in [0.5, 0.6) is 0 Å². The molecule has 2 rings (SSSR count). The van der Waals surface area contributed by atoms with Crippen LogP contribution in [0.4, 0.5) is 0 Å². The Kier molecular flexibility index (Phi) is 13.4. The molecule has 2 heterocycles. The van der Waals surface area contributed by atoms with Crippen molar-refractivity contribution in [2.24, 2.45) is 8.73 Å². The minimum atomic E-state index is -2.55. The third kappa shape index (κ3) is 12.0. The Morgan fingerprint density at radius 1 is 0.829 bits per heavy atom. The zero-order valence-corrected chi connectivity index (χ0v) is 26.2. The van der Waals surface area contributed by atoms with Gasteiger partial charge in [-0.05, 0) is 6.92 Å². The third-order valence-electron chi connectivity index (χ3n) is 6.12. The topological polar surface area (TPSA) is 234 Å². The molecule has 6 N–H and O–H groups in total. The van der Waals surface area contributed by atoms with Crippen molar-refractivity contribution in [3.8, 4) is 0 Å². The first-order valence-corrected chi connectivity index (χ1v) is 18.5. The number of amides is 2. The highest BCUT2D eigenvalue weighted by molar-refractivity contribution is 8.01. The number of nitrogens with one attached hydrogen (secondary N) is 2. The van der Waals surface area contributed by atoms with Crippen molar-refractivity contribution >= 4 is 48.8 Å². The number of carbonyl (C=O) groups excluding carboxylic acids is 3. The second-order valence-electron chi connectivity index (χ2n) is 10.7. The van der Waals surface area contributed by atoms with Crippen molar-refractivity contribution in [1.82, 2.24) is 10.6 Å². The van der Waals surface area contributed by atoms with Gasteiger partial charge < -0.3 is 40.5 Å². The van der Waals surface area contributed by atoms with Crippen LogP contribution in [0.2, 0.25) is 0 Å². The van der Waals surface area contributed by atoms with Gasteiger partial charge in [0.1, 0.15) is 54.5 Å². The highest BCUT2D eigenvalue weighted by atomic mass is 32.2. The number of hydrogen-bond acceptors (Lipinski definition) is 14. The number of ether oxygens (including phenoxy) is 2. The summed E-state index contributed by atoms with van der Waals surface area (Å²) in [5, 5.41) is 45.6. The van der Waals surface area contributed by atoms with Gasteiger partial charge in [0, 0.05) is 64.0 Å². The van der Waals surface area contributed by atoms with Crippen LogP contribution in [0.3, 0.4) is 0 Å². The number of aliphatic hydroxyl groups excluding tert-OH is 4. The van der Waals surface area contributed by atoms with Gasteiger partial charge in [-0.2, -0.15) is 0 Å². The molecule has 2 aliphatic rings. The van der Waals surface area contributed by atoms with Gasteiger partial charge in [-0.15, -0.1) is 11.8 Å². The number of rotatable bonds is 12. The molecule has 2 fully saturated rings. The quantitative estimate of drug-likeness (QED) is 0.123. The van der Waals surface area contributed by atoms with Crippen LogP contribution in [0.25, 0.3) is 0 Å². The molecular weight excluding hydrogens is 604 g/mol. The maximum absolute atomic E-state index is 12.9. The number of Topliss-reactive ketones (excluding diaryl/α,β-unsaturated/α-hetero) is 1. The van der Waals surface area contributed by atoms with Crippen LogP contribution in [0, 0.1) is 0 Å². The first-order chi connectivity index (χ1) is 18.9. The molecule has 0 aromatic rings. The lowest BCUT2D eigenvalue weighted by molar-refractivity contribution is -0.145. The van der Waals surface area contributed by atoms with E-state index in [1.165, 1.54) is 31.9 Å². The lowest BCUT2D eigenvalue weighted by Crippen LogP contribution is -2.56. The average molecular weight is 647 g/mol. The second kappa shape index (κ2) is 15.4. The summed E-state index contributed by atoms with van der Waals surface area (Å²) in [5.41, 5.74) is 0. The van der Waals surface area contributed by atoms with E-state index >= 15 is 0 Å².